The number of amides is 1. The number of likely N-dealkylation sites (N-methyl/N-ethyl adjacent to an activating group) is 1. The molecule has 0 aliphatic carbocycles. The summed E-state index contributed by atoms with van der Waals surface area (Å²) in [6.07, 6.45) is 0. The molecule has 1 rings (SSSR count). The number of piperazine rings is 1. The second kappa shape index (κ2) is 9.95. The Bertz CT molecular complexity index is 209. The molecule has 0 bridgehead atoms. The highest BCUT2D eigenvalue weighted by Gasteiger charge is 2.23. The van der Waals surface area contributed by atoms with E-state index in [1.165, 1.54) is 0 Å². The lowest BCUT2D eigenvalue weighted by molar-refractivity contribution is -0.136. The van der Waals surface area contributed by atoms with Crippen LogP contribution < -0.4 is 5.32 Å². The summed E-state index contributed by atoms with van der Waals surface area (Å²) in [6, 6.07) is 0. The molecule has 0 aromatic heterocycles. The normalized spacial score (nSPS) is 17.9. The Morgan fingerprint density at radius 2 is 1.76 bits per heavy atom. The lowest BCUT2D eigenvalue weighted by atomic mass is 10.1. The summed E-state index contributed by atoms with van der Waals surface area (Å²) in [4.78, 5) is 16.3. The van der Waals surface area contributed by atoms with Gasteiger partial charge < -0.3 is 15.1 Å². The van der Waals surface area contributed by atoms with Gasteiger partial charge in [-0.3, -0.25) is 4.79 Å². The van der Waals surface area contributed by atoms with E-state index in [9.17, 15) is 4.79 Å². The number of hydrogen-bond donors (Lipinski definition) is 1. The first-order valence-electron chi connectivity index (χ1n) is 5.84. The van der Waals surface area contributed by atoms with Gasteiger partial charge in [0.2, 0.25) is 5.91 Å². The quantitative estimate of drug-likeness (QED) is 0.832. The summed E-state index contributed by atoms with van der Waals surface area (Å²) in [6.45, 7) is 9.84. The topological polar surface area (TPSA) is 35.6 Å². The first-order valence-corrected chi connectivity index (χ1v) is 5.84. The lowest BCUT2D eigenvalue weighted by Crippen LogP contribution is -2.50. The van der Waals surface area contributed by atoms with Crippen LogP contribution in [-0.2, 0) is 4.79 Å². The maximum Gasteiger partial charge on any atom is 0.226 e. The number of carbonyl (C=O) groups is 1. The van der Waals surface area contributed by atoms with Gasteiger partial charge in [0.15, 0.2) is 0 Å². The molecule has 0 saturated carbocycles. The zero-order chi connectivity index (χ0) is 11.3. The molecule has 0 aromatic rings. The summed E-state index contributed by atoms with van der Waals surface area (Å²) in [5.41, 5.74) is 0. The van der Waals surface area contributed by atoms with Crippen molar-refractivity contribution >= 4 is 30.7 Å². The van der Waals surface area contributed by atoms with Gasteiger partial charge in [0, 0.05) is 38.6 Å². The molecule has 6 heteroatoms. The molecule has 0 spiro atoms. The Morgan fingerprint density at radius 3 is 2.18 bits per heavy atom. The fraction of sp³-hybridized carbons (Fsp3) is 0.909. The predicted octanol–water partition coefficient (Wildman–Crippen LogP) is 0.850. The number of halogens is 2. The Hall–Kier alpha value is -0.0300. The van der Waals surface area contributed by atoms with Crippen LogP contribution in [0, 0.1) is 5.92 Å². The van der Waals surface area contributed by atoms with Crippen molar-refractivity contribution in [2.24, 2.45) is 5.92 Å². The highest BCUT2D eigenvalue weighted by molar-refractivity contribution is 5.85. The molecule has 1 N–H and O–H groups in total. The van der Waals surface area contributed by atoms with E-state index >= 15 is 0 Å². The van der Waals surface area contributed by atoms with Gasteiger partial charge in [-0.15, -0.1) is 24.8 Å². The monoisotopic (exact) mass is 285 g/mol. The molecule has 1 atom stereocenters. The number of carbonyl (C=O) groups excluding carboxylic acids is 1. The van der Waals surface area contributed by atoms with Crippen LogP contribution in [0.5, 0.6) is 0 Å². The van der Waals surface area contributed by atoms with Gasteiger partial charge in [0.1, 0.15) is 0 Å². The second-order valence-electron chi connectivity index (χ2n) is 4.22. The van der Waals surface area contributed by atoms with Gasteiger partial charge in [0.05, 0.1) is 0 Å². The maximum absolute atomic E-state index is 12.0. The average Bonchev–Trinajstić information content (AvgIpc) is 2.28. The number of rotatable bonds is 4. The van der Waals surface area contributed by atoms with Gasteiger partial charge in [-0.05, 0) is 13.6 Å². The fourth-order valence-corrected chi connectivity index (χ4v) is 1.99. The Balaban J connectivity index is 0. The Morgan fingerprint density at radius 1 is 1.24 bits per heavy atom. The Kier molecular flexibility index (Phi) is 11.3. The summed E-state index contributed by atoms with van der Waals surface area (Å²) in [5.74, 6) is 0.392. The fourth-order valence-electron chi connectivity index (χ4n) is 1.99. The molecular formula is C11H25Cl2N3O. The van der Waals surface area contributed by atoms with E-state index in [-0.39, 0.29) is 30.7 Å². The van der Waals surface area contributed by atoms with Crippen molar-refractivity contribution in [3.8, 4) is 0 Å². The summed E-state index contributed by atoms with van der Waals surface area (Å²) in [7, 11) is 1.89. The van der Waals surface area contributed by atoms with Gasteiger partial charge >= 0.3 is 0 Å². The molecule has 1 amide bonds. The van der Waals surface area contributed by atoms with Crippen LogP contribution in [0.2, 0.25) is 0 Å². The minimum Gasteiger partial charge on any atom is -0.340 e. The molecule has 1 aliphatic heterocycles. The SMILES string of the molecule is CCN1CCN(C(=O)C(C)CNC)CC1.Cl.Cl. The highest BCUT2D eigenvalue weighted by atomic mass is 35.5. The van der Waals surface area contributed by atoms with E-state index in [4.69, 9.17) is 0 Å². The first-order chi connectivity index (χ1) is 7.19. The molecule has 17 heavy (non-hydrogen) atoms. The van der Waals surface area contributed by atoms with Crippen LogP contribution in [0.25, 0.3) is 0 Å². The van der Waals surface area contributed by atoms with Crippen molar-refractivity contribution in [1.82, 2.24) is 15.1 Å². The van der Waals surface area contributed by atoms with E-state index in [0.717, 1.165) is 39.3 Å². The van der Waals surface area contributed by atoms with Gasteiger partial charge in [-0.1, -0.05) is 13.8 Å². The highest BCUT2D eigenvalue weighted by Crippen LogP contribution is 2.06. The third kappa shape index (κ3) is 5.91. The van der Waals surface area contributed by atoms with Crippen LogP contribution >= 0.6 is 24.8 Å². The molecule has 4 nitrogen and oxygen atoms in total. The summed E-state index contributed by atoms with van der Waals surface area (Å²) >= 11 is 0. The van der Waals surface area contributed by atoms with Crippen molar-refractivity contribution in [1.29, 1.82) is 0 Å². The molecule has 104 valence electrons. The van der Waals surface area contributed by atoms with E-state index in [2.05, 4.69) is 17.1 Å². The average molecular weight is 286 g/mol. The standard InChI is InChI=1S/C11H23N3O.2ClH/c1-4-13-5-7-14(8-6-13)11(15)10(2)9-12-3;;/h10,12H,4-9H2,1-3H3;2*1H. The molecule has 1 fully saturated rings. The minimum absolute atomic E-state index is 0. The molecule has 1 unspecified atom stereocenters. The van der Waals surface area contributed by atoms with Crippen molar-refractivity contribution in [3.63, 3.8) is 0 Å². The molecular weight excluding hydrogens is 261 g/mol. The zero-order valence-electron chi connectivity index (χ0n) is 10.9. The van der Waals surface area contributed by atoms with Gasteiger partial charge in [0.25, 0.3) is 0 Å². The number of nitrogens with zero attached hydrogens (tertiary/aromatic N) is 2. The van der Waals surface area contributed by atoms with Gasteiger partial charge in [-0.2, -0.15) is 0 Å². The van der Waals surface area contributed by atoms with E-state index in [1.807, 2.05) is 18.9 Å². The summed E-state index contributed by atoms with van der Waals surface area (Å²) in [5, 5.41) is 3.05. The first kappa shape index (κ1) is 19.3. The number of hydrogen-bond acceptors (Lipinski definition) is 3. The largest absolute Gasteiger partial charge is 0.340 e. The molecule has 1 aliphatic rings. The van der Waals surface area contributed by atoms with Gasteiger partial charge in [-0.25, -0.2) is 0 Å². The van der Waals surface area contributed by atoms with E-state index in [1.54, 1.807) is 0 Å². The number of nitrogens with one attached hydrogen (secondary N) is 1. The van der Waals surface area contributed by atoms with Crippen LogP contribution in [-0.4, -0.2) is 62.0 Å². The van der Waals surface area contributed by atoms with Crippen molar-refractivity contribution in [2.45, 2.75) is 13.8 Å². The van der Waals surface area contributed by atoms with E-state index in [0.29, 0.717) is 5.91 Å². The lowest BCUT2D eigenvalue weighted by Gasteiger charge is -2.35. The third-order valence-corrected chi connectivity index (χ3v) is 3.06. The molecule has 1 heterocycles. The smallest absolute Gasteiger partial charge is 0.226 e. The Labute approximate surface area is 117 Å². The molecule has 1 saturated heterocycles. The predicted molar refractivity (Wildman–Crippen MR) is 76.3 cm³/mol. The van der Waals surface area contributed by atoms with Crippen LogP contribution in [0.4, 0.5) is 0 Å². The van der Waals surface area contributed by atoms with Crippen LogP contribution in [0.15, 0.2) is 0 Å². The van der Waals surface area contributed by atoms with Crippen molar-refractivity contribution < 1.29 is 4.79 Å². The van der Waals surface area contributed by atoms with Crippen molar-refractivity contribution in [2.75, 3.05) is 46.3 Å². The van der Waals surface area contributed by atoms with Crippen LogP contribution in [0.1, 0.15) is 13.8 Å². The third-order valence-electron chi connectivity index (χ3n) is 3.06. The van der Waals surface area contributed by atoms with E-state index < -0.39 is 0 Å². The maximum atomic E-state index is 12.0. The molecule has 0 aromatic carbocycles. The van der Waals surface area contributed by atoms with Crippen molar-refractivity contribution in [3.05, 3.63) is 0 Å². The zero-order valence-corrected chi connectivity index (χ0v) is 12.6. The second-order valence-corrected chi connectivity index (χ2v) is 4.22. The minimum atomic E-state index is 0. The summed E-state index contributed by atoms with van der Waals surface area (Å²) < 4.78 is 0. The van der Waals surface area contributed by atoms with Crippen LogP contribution in [0.3, 0.4) is 0 Å². The molecule has 0 radical (unpaired) electrons.